The molecule has 1 aromatic heterocycles. The molecule has 0 aromatic carbocycles. The van der Waals surface area contributed by atoms with E-state index < -0.39 is 5.97 Å². The summed E-state index contributed by atoms with van der Waals surface area (Å²) in [6, 6.07) is 0. The number of rotatable bonds is 6. The minimum atomic E-state index is -1.08. The molecule has 7 heteroatoms. The molecule has 19 heavy (non-hydrogen) atoms. The lowest BCUT2D eigenvalue weighted by molar-refractivity contribution is -0.129. The van der Waals surface area contributed by atoms with Crippen molar-refractivity contribution in [2.75, 3.05) is 31.6 Å². The Balaban J connectivity index is 2.70. The minimum Gasteiger partial charge on any atom is -0.478 e. The zero-order chi connectivity index (χ0) is 14.4. The van der Waals surface area contributed by atoms with Crippen LogP contribution in [0, 0.1) is 0 Å². The molecule has 0 unspecified atom stereocenters. The highest BCUT2D eigenvalue weighted by Gasteiger charge is 2.14. The molecule has 0 spiro atoms. The minimum absolute atomic E-state index is 0.0154. The van der Waals surface area contributed by atoms with Gasteiger partial charge in [0, 0.05) is 32.5 Å². The van der Waals surface area contributed by atoms with E-state index in [-0.39, 0.29) is 18.0 Å². The Kier molecular flexibility index (Phi) is 5.23. The quantitative estimate of drug-likeness (QED) is 0.806. The van der Waals surface area contributed by atoms with Gasteiger partial charge in [-0.25, -0.2) is 14.8 Å². The third kappa shape index (κ3) is 3.90. The van der Waals surface area contributed by atoms with Crippen molar-refractivity contribution in [3.05, 3.63) is 18.0 Å². The molecule has 1 N–H and O–H groups in total. The number of likely N-dealkylation sites (N-methyl/N-ethyl adjacent to an activating group) is 2. The maximum absolute atomic E-state index is 11.9. The standard InChI is InChI=1S/C12H18N4O3/c1-4-16(5-2)10(17)8-15(3)12-13-6-9(7-14-12)11(18)19/h6-7H,4-5,8H2,1-3H3,(H,18,19). The van der Waals surface area contributed by atoms with Gasteiger partial charge in [0.15, 0.2) is 0 Å². The van der Waals surface area contributed by atoms with E-state index in [2.05, 4.69) is 9.97 Å². The van der Waals surface area contributed by atoms with Gasteiger partial charge in [0.2, 0.25) is 11.9 Å². The van der Waals surface area contributed by atoms with Crippen molar-refractivity contribution in [3.8, 4) is 0 Å². The first kappa shape index (κ1) is 14.9. The summed E-state index contributed by atoms with van der Waals surface area (Å²) >= 11 is 0. The van der Waals surface area contributed by atoms with Crippen LogP contribution in [0.2, 0.25) is 0 Å². The molecule has 0 saturated carbocycles. The highest BCUT2D eigenvalue weighted by molar-refractivity contribution is 5.87. The van der Waals surface area contributed by atoms with E-state index in [1.807, 2.05) is 13.8 Å². The molecule has 0 atom stereocenters. The maximum atomic E-state index is 11.9. The lowest BCUT2D eigenvalue weighted by Gasteiger charge is -2.23. The van der Waals surface area contributed by atoms with E-state index >= 15 is 0 Å². The summed E-state index contributed by atoms with van der Waals surface area (Å²) in [7, 11) is 1.69. The zero-order valence-electron chi connectivity index (χ0n) is 11.3. The monoisotopic (exact) mass is 266 g/mol. The maximum Gasteiger partial charge on any atom is 0.338 e. The van der Waals surface area contributed by atoms with Crippen molar-refractivity contribution >= 4 is 17.8 Å². The van der Waals surface area contributed by atoms with Crippen molar-refractivity contribution in [2.24, 2.45) is 0 Å². The molecule has 0 aliphatic heterocycles. The van der Waals surface area contributed by atoms with Gasteiger partial charge in [0.05, 0.1) is 12.1 Å². The Morgan fingerprint density at radius 2 is 1.74 bits per heavy atom. The van der Waals surface area contributed by atoms with Crippen LogP contribution in [0.1, 0.15) is 24.2 Å². The largest absolute Gasteiger partial charge is 0.478 e. The number of carbonyl (C=O) groups excluding carboxylic acids is 1. The highest BCUT2D eigenvalue weighted by atomic mass is 16.4. The normalized spacial score (nSPS) is 10.1. The zero-order valence-corrected chi connectivity index (χ0v) is 11.3. The van der Waals surface area contributed by atoms with Crippen molar-refractivity contribution in [1.82, 2.24) is 14.9 Å². The molecule has 7 nitrogen and oxygen atoms in total. The molecular weight excluding hydrogens is 248 g/mol. The van der Waals surface area contributed by atoms with Gasteiger partial charge < -0.3 is 14.9 Å². The number of anilines is 1. The predicted molar refractivity (Wildman–Crippen MR) is 70.2 cm³/mol. The lowest BCUT2D eigenvalue weighted by atomic mass is 10.3. The van der Waals surface area contributed by atoms with Crippen LogP contribution in [-0.4, -0.2) is 58.5 Å². The van der Waals surface area contributed by atoms with E-state index in [1.165, 1.54) is 12.4 Å². The number of aromatic carboxylic acids is 1. The molecule has 1 rings (SSSR count). The molecule has 0 radical (unpaired) electrons. The fourth-order valence-electron chi connectivity index (χ4n) is 1.58. The summed E-state index contributed by atoms with van der Waals surface area (Å²) in [5.74, 6) is -0.766. The molecule has 1 heterocycles. The van der Waals surface area contributed by atoms with Gasteiger partial charge >= 0.3 is 5.97 Å². The van der Waals surface area contributed by atoms with Crippen molar-refractivity contribution in [1.29, 1.82) is 0 Å². The highest BCUT2D eigenvalue weighted by Crippen LogP contribution is 2.05. The number of carboxylic acids is 1. The summed E-state index contributed by atoms with van der Waals surface area (Å²) < 4.78 is 0. The van der Waals surface area contributed by atoms with Crippen LogP contribution >= 0.6 is 0 Å². The van der Waals surface area contributed by atoms with Crippen LogP contribution in [0.4, 0.5) is 5.95 Å². The second-order valence-corrected chi connectivity index (χ2v) is 4.00. The van der Waals surface area contributed by atoms with E-state index in [0.717, 1.165) is 0 Å². The summed E-state index contributed by atoms with van der Waals surface area (Å²) in [4.78, 5) is 33.7. The Morgan fingerprint density at radius 3 is 2.16 bits per heavy atom. The van der Waals surface area contributed by atoms with Gasteiger partial charge in [-0.05, 0) is 13.8 Å². The topological polar surface area (TPSA) is 86.6 Å². The number of aromatic nitrogens is 2. The summed E-state index contributed by atoms with van der Waals surface area (Å²) in [5.41, 5.74) is 0.0206. The van der Waals surface area contributed by atoms with Crippen LogP contribution in [0.15, 0.2) is 12.4 Å². The number of hydrogen-bond acceptors (Lipinski definition) is 5. The van der Waals surface area contributed by atoms with E-state index in [9.17, 15) is 9.59 Å². The average Bonchev–Trinajstić information content (AvgIpc) is 2.40. The van der Waals surface area contributed by atoms with Gasteiger partial charge in [-0.15, -0.1) is 0 Å². The molecule has 0 aliphatic rings. The number of carboxylic acid groups (broad SMARTS) is 1. The fourth-order valence-corrected chi connectivity index (χ4v) is 1.58. The molecular formula is C12H18N4O3. The Hall–Kier alpha value is -2.18. The van der Waals surface area contributed by atoms with Crippen LogP contribution in [0.3, 0.4) is 0 Å². The SMILES string of the molecule is CCN(CC)C(=O)CN(C)c1ncc(C(=O)O)cn1. The fraction of sp³-hybridized carbons (Fsp3) is 0.500. The van der Waals surface area contributed by atoms with Gasteiger partial charge in [-0.3, -0.25) is 4.79 Å². The molecule has 0 bridgehead atoms. The van der Waals surface area contributed by atoms with Crippen molar-refractivity contribution < 1.29 is 14.7 Å². The van der Waals surface area contributed by atoms with Crippen molar-refractivity contribution in [2.45, 2.75) is 13.8 Å². The molecule has 1 aromatic rings. The van der Waals surface area contributed by atoms with Gasteiger partial charge in [0.25, 0.3) is 0 Å². The van der Waals surface area contributed by atoms with Crippen LogP contribution < -0.4 is 4.90 Å². The number of nitrogens with zero attached hydrogens (tertiary/aromatic N) is 4. The number of hydrogen-bond donors (Lipinski definition) is 1. The predicted octanol–water partition coefficient (Wildman–Crippen LogP) is 0.479. The first-order valence-corrected chi connectivity index (χ1v) is 6.03. The Morgan fingerprint density at radius 1 is 1.21 bits per heavy atom. The third-order valence-electron chi connectivity index (χ3n) is 2.72. The van der Waals surface area contributed by atoms with Crippen molar-refractivity contribution in [3.63, 3.8) is 0 Å². The van der Waals surface area contributed by atoms with Crippen LogP contribution in [0.25, 0.3) is 0 Å². The molecule has 104 valence electrons. The van der Waals surface area contributed by atoms with Gasteiger partial charge in [0.1, 0.15) is 0 Å². The average molecular weight is 266 g/mol. The van der Waals surface area contributed by atoms with E-state index in [4.69, 9.17) is 5.11 Å². The first-order valence-electron chi connectivity index (χ1n) is 6.03. The second-order valence-electron chi connectivity index (χ2n) is 4.00. The second kappa shape index (κ2) is 6.67. The third-order valence-corrected chi connectivity index (χ3v) is 2.72. The molecule has 0 saturated heterocycles. The summed E-state index contributed by atoms with van der Waals surface area (Å²) in [5, 5.41) is 8.74. The van der Waals surface area contributed by atoms with Gasteiger partial charge in [-0.1, -0.05) is 0 Å². The lowest BCUT2D eigenvalue weighted by Crippen LogP contribution is -2.39. The Labute approximate surface area is 111 Å². The number of amides is 1. The van der Waals surface area contributed by atoms with E-state index in [0.29, 0.717) is 19.0 Å². The van der Waals surface area contributed by atoms with Gasteiger partial charge in [-0.2, -0.15) is 0 Å². The first-order chi connectivity index (χ1) is 8.99. The molecule has 0 aliphatic carbocycles. The van der Waals surface area contributed by atoms with Crippen LogP contribution in [0.5, 0.6) is 0 Å². The number of carbonyl (C=O) groups is 2. The smallest absolute Gasteiger partial charge is 0.338 e. The molecule has 1 amide bonds. The van der Waals surface area contributed by atoms with E-state index in [1.54, 1.807) is 16.8 Å². The summed E-state index contributed by atoms with van der Waals surface area (Å²) in [6.07, 6.45) is 2.45. The summed E-state index contributed by atoms with van der Waals surface area (Å²) in [6.45, 7) is 5.30. The van der Waals surface area contributed by atoms with Crippen LogP contribution in [-0.2, 0) is 4.79 Å². The Bertz CT molecular complexity index is 443. The molecule has 0 fully saturated rings.